The maximum absolute atomic E-state index is 14.1. The number of hydrogen-bond donors (Lipinski definition) is 0. The molecule has 0 radical (unpaired) electrons. The zero-order valence-corrected chi connectivity index (χ0v) is 26.0. The maximum Gasteiger partial charge on any atom is 0.411 e. The first-order valence-electron chi connectivity index (χ1n) is 12.4. The molecule has 2 aromatic rings. The Kier molecular flexibility index (Phi) is 11.9. The van der Waals surface area contributed by atoms with Crippen LogP contribution in [-0.4, -0.2) is 60.7 Å². The van der Waals surface area contributed by atoms with Gasteiger partial charge in [-0.05, 0) is 52.1 Å². The molecule has 0 N–H and O–H groups in total. The Balaban J connectivity index is 2.60. The molecule has 1 atom stereocenters. The second-order valence-corrected chi connectivity index (χ2v) is 17.5. The molecule has 11 heteroatoms. The largest absolute Gasteiger partial charge is 0.433 e. The lowest BCUT2D eigenvalue weighted by molar-refractivity contribution is 0.0441. The van der Waals surface area contributed by atoms with Crippen molar-refractivity contribution in [2.75, 3.05) is 20.0 Å². The number of aromatic nitrogens is 2. The van der Waals surface area contributed by atoms with E-state index < -0.39 is 26.1 Å². The van der Waals surface area contributed by atoms with Gasteiger partial charge in [0.2, 0.25) is 0 Å². The quantitative estimate of drug-likeness (QED) is 0.143. The number of carbonyl (C=O) groups excluding carboxylic acids is 1. The lowest BCUT2D eigenvalue weighted by atomic mass is 10.1. The Hall–Kier alpha value is -1.59. The normalized spacial score (nSPS) is 12.9. The summed E-state index contributed by atoms with van der Waals surface area (Å²) < 4.78 is 33.6. The molecule has 0 aliphatic carbocycles. The minimum absolute atomic E-state index is 0.0604. The molecule has 1 amide bonds. The Morgan fingerprint density at radius 1 is 1.22 bits per heavy atom. The number of benzene rings is 1. The van der Waals surface area contributed by atoms with E-state index in [0.29, 0.717) is 23.7 Å². The minimum Gasteiger partial charge on any atom is -0.433 e. The summed E-state index contributed by atoms with van der Waals surface area (Å²) in [5, 5.41) is 0.790. The number of methoxy groups -OCH3 is 1. The van der Waals surface area contributed by atoms with Gasteiger partial charge in [-0.2, -0.15) is 0 Å². The van der Waals surface area contributed by atoms with Gasteiger partial charge in [0.25, 0.3) is 0 Å². The topological polar surface area (TPSA) is 65.8 Å². The smallest absolute Gasteiger partial charge is 0.411 e. The van der Waals surface area contributed by atoms with Crippen LogP contribution in [0.2, 0.25) is 30.7 Å². The van der Waals surface area contributed by atoms with Gasteiger partial charge in [-0.1, -0.05) is 37.3 Å². The van der Waals surface area contributed by atoms with Crippen molar-refractivity contribution < 1.29 is 23.4 Å². The molecule has 2 rings (SSSR count). The van der Waals surface area contributed by atoms with Crippen LogP contribution in [0.15, 0.2) is 23.2 Å². The number of carbonyl (C=O) groups is 1. The van der Waals surface area contributed by atoms with Crippen molar-refractivity contribution in [1.82, 2.24) is 14.5 Å². The molecule has 208 valence electrons. The number of nitrogens with zero attached hydrogens (tertiary/aromatic N) is 3. The molecule has 0 fully saturated rings. The summed E-state index contributed by atoms with van der Waals surface area (Å²) >= 11 is 7.66. The fourth-order valence-corrected chi connectivity index (χ4v) is 5.60. The Morgan fingerprint density at radius 3 is 2.38 bits per heavy atom. The Bertz CT molecular complexity index is 1040. The molecule has 0 aliphatic rings. The molecule has 0 spiro atoms. The molecular weight excluding hydrogens is 533 g/mol. The van der Waals surface area contributed by atoms with Crippen molar-refractivity contribution in [3.05, 3.63) is 46.1 Å². The summed E-state index contributed by atoms with van der Waals surface area (Å²) in [6, 6.07) is 5.16. The van der Waals surface area contributed by atoms with Crippen molar-refractivity contribution in [3.63, 3.8) is 0 Å². The zero-order chi connectivity index (χ0) is 27.9. The molecule has 1 heterocycles. The zero-order valence-electron chi connectivity index (χ0n) is 23.4. The molecule has 0 aliphatic heterocycles. The number of thioether (sulfide) groups is 1. The van der Waals surface area contributed by atoms with Crippen LogP contribution in [0.4, 0.5) is 9.18 Å². The van der Waals surface area contributed by atoms with Crippen LogP contribution in [-0.2, 0) is 27.5 Å². The number of amides is 1. The molecule has 0 saturated heterocycles. The third-order valence-corrected chi connectivity index (χ3v) is 8.57. The third kappa shape index (κ3) is 8.71. The third-order valence-electron chi connectivity index (χ3n) is 5.73. The van der Waals surface area contributed by atoms with Crippen LogP contribution >= 0.6 is 23.4 Å². The van der Waals surface area contributed by atoms with Crippen LogP contribution in [0.1, 0.15) is 50.9 Å². The Labute approximate surface area is 231 Å². The predicted molar refractivity (Wildman–Crippen MR) is 151 cm³/mol. The first-order valence-corrected chi connectivity index (χ1v) is 17.8. The fraction of sp³-hybridized carbons (Fsp3) is 0.615. The van der Waals surface area contributed by atoms with Crippen LogP contribution < -0.4 is 0 Å². The van der Waals surface area contributed by atoms with Gasteiger partial charge >= 0.3 is 6.09 Å². The molecule has 1 aromatic heterocycles. The average molecular weight is 574 g/mol. The highest BCUT2D eigenvalue weighted by molar-refractivity contribution is 7.98. The van der Waals surface area contributed by atoms with E-state index in [9.17, 15) is 9.18 Å². The van der Waals surface area contributed by atoms with E-state index in [1.54, 1.807) is 18.1 Å². The van der Waals surface area contributed by atoms with E-state index in [1.165, 1.54) is 23.9 Å². The number of imidazole rings is 1. The molecule has 0 bridgehead atoms. The van der Waals surface area contributed by atoms with Gasteiger partial charge in [0.1, 0.15) is 17.6 Å². The summed E-state index contributed by atoms with van der Waals surface area (Å²) in [6.07, 6.45) is 0.513. The lowest BCUT2D eigenvalue weighted by Gasteiger charge is -2.31. The molecule has 1 unspecified atom stereocenters. The van der Waals surface area contributed by atoms with Crippen LogP contribution in [0, 0.1) is 5.82 Å². The summed E-state index contributed by atoms with van der Waals surface area (Å²) in [5.74, 6) is -0.0859. The fourth-order valence-electron chi connectivity index (χ4n) is 3.95. The highest BCUT2D eigenvalue weighted by atomic mass is 35.5. The second kappa shape index (κ2) is 14.0. The van der Waals surface area contributed by atoms with Gasteiger partial charge in [-0.25, -0.2) is 14.2 Å². The van der Waals surface area contributed by atoms with Crippen LogP contribution in [0.3, 0.4) is 0 Å². The number of rotatable bonds is 13. The summed E-state index contributed by atoms with van der Waals surface area (Å²) in [6.45, 7) is 15.7. The lowest BCUT2D eigenvalue weighted by Crippen LogP contribution is -2.43. The molecular formula is C26H41ClFN3O4SSi. The molecule has 0 saturated carbocycles. The van der Waals surface area contributed by atoms with E-state index in [0.717, 1.165) is 11.1 Å². The number of ether oxygens (including phenoxy) is 3. The van der Waals surface area contributed by atoms with Gasteiger partial charge in [-0.15, -0.1) is 11.8 Å². The number of halogens is 2. The highest BCUT2D eigenvalue weighted by Gasteiger charge is 2.32. The average Bonchev–Trinajstić information content (AvgIpc) is 3.13. The second-order valence-electron chi connectivity index (χ2n) is 10.7. The van der Waals surface area contributed by atoms with Crippen molar-refractivity contribution in [2.45, 2.75) is 89.9 Å². The first-order chi connectivity index (χ1) is 17.3. The standard InChI is InChI=1S/C26H41ClFN3O4SSi/c1-17(2)31(18(3)4)26(32)35-23(19-10-11-21(28)20(27)14-19)24-29-22(15-33-5)25(36-6)30(24)16-34-12-13-37(7,8)9/h10-11,14,17-18,23H,12-13,15-16H2,1-9H3. The van der Waals surface area contributed by atoms with Crippen LogP contribution in [0.25, 0.3) is 0 Å². The van der Waals surface area contributed by atoms with Crippen molar-refractivity contribution >= 4 is 37.5 Å². The highest BCUT2D eigenvalue weighted by Crippen LogP contribution is 2.34. The summed E-state index contributed by atoms with van der Waals surface area (Å²) in [4.78, 5) is 19.9. The van der Waals surface area contributed by atoms with Gasteiger partial charge in [0, 0.05) is 39.4 Å². The molecule has 1 aromatic carbocycles. The van der Waals surface area contributed by atoms with E-state index in [4.69, 9.17) is 30.8 Å². The summed E-state index contributed by atoms with van der Waals surface area (Å²) in [5.41, 5.74) is 1.22. The van der Waals surface area contributed by atoms with E-state index in [2.05, 4.69) is 19.6 Å². The van der Waals surface area contributed by atoms with Crippen molar-refractivity contribution in [1.29, 1.82) is 0 Å². The maximum atomic E-state index is 14.1. The van der Waals surface area contributed by atoms with Crippen LogP contribution in [0.5, 0.6) is 0 Å². The Morgan fingerprint density at radius 2 is 1.86 bits per heavy atom. The van der Waals surface area contributed by atoms with E-state index in [1.807, 2.05) is 38.5 Å². The van der Waals surface area contributed by atoms with E-state index >= 15 is 0 Å². The SMILES string of the molecule is COCc1nc(C(OC(=O)N(C(C)C)C(C)C)c2ccc(F)c(Cl)c2)n(COCC[Si](C)(C)C)c1SC. The molecule has 7 nitrogen and oxygen atoms in total. The summed E-state index contributed by atoms with van der Waals surface area (Å²) in [7, 11) is 0.324. The van der Waals surface area contributed by atoms with Gasteiger partial charge in [0.05, 0.1) is 17.3 Å². The van der Waals surface area contributed by atoms with Gasteiger partial charge in [-0.3, -0.25) is 4.57 Å². The van der Waals surface area contributed by atoms with Gasteiger partial charge < -0.3 is 19.1 Å². The van der Waals surface area contributed by atoms with Crippen molar-refractivity contribution in [3.8, 4) is 0 Å². The first kappa shape index (κ1) is 31.6. The molecule has 37 heavy (non-hydrogen) atoms. The van der Waals surface area contributed by atoms with Gasteiger partial charge in [0.15, 0.2) is 11.9 Å². The minimum atomic E-state index is -1.28. The monoisotopic (exact) mass is 573 g/mol. The van der Waals surface area contributed by atoms with Crippen molar-refractivity contribution in [2.24, 2.45) is 0 Å². The number of hydrogen-bond acceptors (Lipinski definition) is 6. The van der Waals surface area contributed by atoms with E-state index in [-0.39, 0.29) is 30.4 Å². The predicted octanol–water partition coefficient (Wildman–Crippen LogP) is 7.20.